The molecule has 116 valence electrons. The third-order valence-corrected chi connectivity index (χ3v) is 4.43. The zero-order valence-corrected chi connectivity index (χ0v) is 13.3. The lowest BCUT2D eigenvalue weighted by Gasteiger charge is -2.15. The number of hydrogen-bond acceptors (Lipinski definition) is 4. The molecule has 0 heterocycles. The summed E-state index contributed by atoms with van der Waals surface area (Å²) in [5.74, 6) is 0.447. The predicted molar refractivity (Wildman–Crippen MR) is 87.6 cm³/mol. The second-order valence-electron chi connectivity index (χ2n) is 5.76. The molecule has 4 bridgehead atoms. The molecule has 0 saturated carbocycles. The van der Waals surface area contributed by atoms with Crippen molar-refractivity contribution < 1.29 is 12.6 Å². The highest BCUT2D eigenvalue weighted by molar-refractivity contribution is 7.86. The minimum Gasteiger partial charge on any atom is -0.398 e. The molecule has 2 N–H and O–H groups in total. The number of benzene rings is 2. The number of nitrogen functional groups attached to an aromatic ring is 1. The number of hydrogen-bond donors (Lipinski definition) is 1. The van der Waals surface area contributed by atoms with Crippen molar-refractivity contribution in [2.24, 2.45) is 0 Å². The van der Waals surface area contributed by atoms with Gasteiger partial charge in [0, 0.05) is 5.69 Å². The van der Waals surface area contributed by atoms with E-state index >= 15 is 0 Å². The molecule has 22 heavy (non-hydrogen) atoms. The number of rotatable bonds is 2. The van der Waals surface area contributed by atoms with Gasteiger partial charge in [0.15, 0.2) is 0 Å². The van der Waals surface area contributed by atoms with Gasteiger partial charge < -0.3 is 9.92 Å². The number of aryl methyl sites for hydroxylation is 4. The van der Waals surface area contributed by atoms with E-state index in [-0.39, 0.29) is 0 Å². The Labute approximate surface area is 131 Å². The van der Waals surface area contributed by atoms with Gasteiger partial charge >= 0.3 is 10.1 Å². The molecule has 0 aliphatic heterocycles. The molecule has 5 heteroatoms. The maximum Gasteiger partial charge on any atom is 0.306 e. The minimum absolute atomic E-state index is 0.447. The first-order valence-corrected chi connectivity index (χ1v) is 9.11. The average Bonchev–Trinajstić information content (AvgIpc) is 2.41. The summed E-state index contributed by atoms with van der Waals surface area (Å²) in [6.45, 7) is 0. The maximum atomic E-state index is 11.5. The highest BCUT2D eigenvalue weighted by Crippen LogP contribution is 2.27. The van der Waals surface area contributed by atoms with Gasteiger partial charge in [0.05, 0.1) is 6.26 Å². The molecule has 0 unspecified atom stereocenters. The van der Waals surface area contributed by atoms with Crippen LogP contribution in [0.25, 0.3) is 0 Å². The molecule has 0 fully saturated rings. The van der Waals surface area contributed by atoms with Gasteiger partial charge in [-0.2, -0.15) is 8.42 Å². The third kappa shape index (κ3) is 3.42. The summed E-state index contributed by atoms with van der Waals surface area (Å²) >= 11 is 0. The summed E-state index contributed by atoms with van der Waals surface area (Å²) in [6, 6.07) is 12.0. The fraction of sp³-hybridized carbons (Fsp3) is 0.294. The molecular formula is C17H19NO3S. The Morgan fingerprint density at radius 1 is 0.909 bits per heavy atom. The molecule has 0 spiro atoms. The van der Waals surface area contributed by atoms with E-state index in [0.717, 1.165) is 53.5 Å². The molecular weight excluding hydrogens is 298 g/mol. The van der Waals surface area contributed by atoms with E-state index in [2.05, 4.69) is 12.1 Å². The summed E-state index contributed by atoms with van der Waals surface area (Å²) in [5, 5.41) is 0. The van der Waals surface area contributed by atoms with E-state index in [9.17, 15) is 8.42 Å². The molecule has 4 aliphatic rings. The smallest absolute Gasteiger partial charge is 0.306 e. The number of nitrogens with two attached hydrogens (primary N) is 1. The van der Waals surface area contributed by atoms with Gasteiger partial charge in [-0.3, -0.25) is 0 Å². The van der Waals surface area contributed by atoms with Crippen LogP contribution < -0.4 is 9.92 Å². The van der Waals surface area contributed by atoms with Crippen LogP contribution in [0.2, 0.25) is 0 Å². The Balaban J connectivity index is 2.01. The third-order valence-electron chi connectivity index (χ3n) is 3.95. The van der Waals surface area contributed by atoms with Crippen LogP contribution in [0.15, 0.2) is 36.4 Å². The van der Waals surface area contributed by atoms with Crippen LogP contribution >= 0.6 is 0 Å². The first-order valence-electron chi connectivity index (χ1n) is 7.29. The standard InChI is InChI=1S/C17H19NO3S/c1-22(19,20)21-17-11-13-3-7-14-6-2-12(10-16(14)18)4-8-15(17)9-5-13/h2,5-6,9-11H,3-4,7-8,18H2,1H3. The van der Waals surface area contributed by atoms with Crippen molar-refractivity contribution in [3.05, 3.63) is 58.7 Å². The largest absolute Gasteiger partial charge is 0.398 e. The van der Waals surface area contributed by atoms with E-state index in [1.54, 1.807) is 0 Å². The molecule has 4 nitrogen and oxygen atoms in total. The van der Waals surface area contributed by atoms with Gasteiger partial charge in [-0.25, -0.2) is 0 Å². The quantitative estimate of drug-likeness (QED) is 0.682. The van der Waals surface area contributed by atoms with Crippen LogP contribution in [0, 0.1) is 0 Å². The summed E-state index contributed by atoms with van der Waals surface area (Å²) in [7, 11) is -3.53. The molecule has 4 aliphatic carbocycles. The summed E-state index contributed by atoms with van der Waals surface area (Å²) in [5.41, 5.74) is 11.2. The van der Waals surface area contributed by atoms with E-state index < -0.39 is 10.1 Å². The first kappa shape index (κ1) is 14.9. The second kappa shape index (κ2) is 5.65. The van der Waals surface area contributed by atoms with E-state index in [0.29, 0.717) is 12.2 Å². The lowest BCUT2D eigenvalue weighted by Crippen LogP contribution is -2.09. The predicted octanol–water partition coefficient (Wildman–Crippen LogP) is 2.49. The topological polar surface area (TPSA) is 69.4 Å². The van der Waals surface area contributed by atoms with Crippen LogP contribution in [0.1, 0.15) is 22.3 Å². The molecule has 2 aromatic rings. The minimum atomic E-state index is -3.53. The van der Waals surface area contributed by atoms with Crippen molar-refractivity contribution in [3.8, 4) is 5.75 Å². The van der Waals surface area contributed by atoms with Crippen LogP contribution in [-0.4, -0.2) is 14.7 Å². The Kier molecular flexibility index (Phi) is 3.83. The van der Waals surface area contributed by atoms with Crippen LogP contribution in [-0.2, 0) is 35.8 Å². The van der Waals surface area contributed by atoms with E-state index in [4.69, 9.17) is 9.92 Å². The molecule has 2 aromatic carbocycles. The highest BCUT2D eigenvalue weighted by Gasteiger charge is 2.13. The van der Waals surface area contributed by atoms with Crippen molar-refractivity contribution in [2.45, 2.75) is 25.7 Å². The molecule has 0 aromatic heterocycles. The Bertz CT molecular complexity index is 813. The fourth-order valence-corrected chi connectivity index (χ4v) is 3.27. The lowest BCUT2D eigenvalue weighted by atomic mass is 9.95. The van der Waals surface area contributed by atoms with Crippen molar-refractivity contribution in [2.75, 3.05) is 12.0 Å². The molecule has 0 atom stereocenters. The monoisotopic (exact) mass is 317 g/mol. The summed E-state index contributed by atoms with van der Waals surface area (Å²) in [6.07, 6.45) is 4.20. The van der Waals surface area contributed by atoms with Crippen molar-refractivity contribution in [1.82, 2.24) is 0 Å². The van der Waals surface area contributed by atoms with Gasteiger partial charge in [-0.15, -0.1) is 0 Å². The van der Waals surface area contributed by atoms with Crippen LogP contribution in [0.3, 0.4) is 0 Å². The summed E-state index contributed by atoms with van der Waals surface area (Å²) in [4.78, 5) is 0. The molecule has 6 rings (SSSR count). The maximum absolute atomic E-state index is 11.5. The summed E-state index contributed by atoms with van der Waals surface area (Å²) < 4.78 is 28.1. The Morgan fingerprint density at radius 3 is 2.14 bits per heavy atom. The van der Waals surface area contributed by atoms with Gasteiger partial charge in [0.1, 0.15) is 5.75 Å². The highest BCUT2D eigenvalue weighted by atomic mass is 32.2. The average molecular weight is 317 g/mol. The fourth-order valence-electron chi connectivity index (χ4n) is 2.79. The van der Waals surface area contributed by atoms with Gasteiger partial charge in [-0.1, -0.05) is 24.3 Å². The van der Waals surface area contributed by atoms with Gasteiger partial charge in [0.2, 0.25) is 0 Å². The van der Waals surface area contributed by atoms with E-state index in [1.807, 2.05) is 24.3 Å². The van der Waals surface area contributed by atoms with Crippen LogP contribution in [0.4, 0.5) is 5.69 Å². The van der Waals surface area contributed by atoms with Gasteiger partial charge in [0.25, 0.3) is 0 Å². The van der Waals surface area contributed by atoms with Crippen molar-refractivity contribution in [3.63, 3.8) is 0 Å². The Hall–Kier alpha value is -2.01. The zero-order chi connectivity index (χ0) is 15.7. The lowest BCUT2D eigenvalue weighted by molar-refractivity contribution is 0.489. The number of anilines is 1. The van der Waals surface area contributed by atoms with Crippen molar-refractivity contribution >= 4 is 15.8 Å². The van der Waals surface area contributed by atoms with Crippen molar-refractivity contribution in [1.29, 1.82) is 0 Å². The normalized spacial score (nSPS) is 14.4. The molecule has 0 radical (unpaired) electrons. The SMILES string of the molecule is CS(=O)(=O)Oc1cc2ccc1CCc1ccc(c(N)c1)CC2. The first-order chi connectivity index (χ1) is 10.4. The van der Waals surface area contributed by atoms with Gasteiger partial charge in [-0.05, 0) is 60.1 Å². The van der Waals surface area contributed by atoms with E-state index in [1.165, 1.54) is 0 Å². The molecule has 0 amide bonds. The second-order valence-corrected chi connectivity index (χ2v) is 7.34. The Morgan fingerprint density at radius 2 is 1.50 bits per heavy atom. The molecule has 0 saturated heterocycles. The zero-order valence-electron chi connectivity index (χ0n) is 12.5. The van der Waals surface area contributed by atoms with Crippen LogP contribution in [0.5, 0.6) is 5.75 Å².